The quantitative estimate of drug-likeness (QED) is 0.439. The minimum absolute atomic E-state index is 0.00625. The molecule has 9 heteroatoms. The Morgan fingerprint density at radius 2 is 1.86 bits per heavy atom. The summed E-state index contributed by atoms with van der Waals surface area (Å²) in [4.78, 5) is 38.3. The number of aryl methyl sites for hydroxylation is 3. The maximum atomic E-state index is 14.7. The minimum atomic E-state index is -1.43. The van der Waals surface area contributed by atoms with E-state index >= 15 is 0 Å². The van der Waals surface area contributed by atoms with Gasteiger partial charge in [0.1, 0.15) is 11.7 Å². The number of rotatable bonds is 7. The highest BCUT2D eigenvalue weighted by molar-refractivity contribution is 8.03. The molecule has 0 fully saturated rings. The number of benzene rings is 2. The Kier molecular flexibility index (Phi) is 8.30. The normalized spacial score (nSPS) is 17.4. The lowest BCUT2D eigenvalue weighted by atomic mass is 9.78. The first-order valence-corrected chi connectivity index (χ1v) is 12.0. The van der Waals surface area contributed by atoms with Crippen LogP contribution in [0, 0.1) is 43.8 Å². The van der Waals surface area contributed by atoms with Crippen molar-refractivity contribution in [1.82, 2.24) is 5.32 Å². The summed E-state index contributed by atoms with van der Waals surface area (Å²) in [5.41, 5.74) is 3.64. The van der Waals surface area contributed by atoms with Crippen LogP contribution in [0.15, 0.2) is 47.0 Å². The van der Waals surface area contributed by atoms with Gasteiger partial charge in [0.2, 0.25) is 11.8 Å². The molecule has 182 valence electrons. The van der Waals surface area contributed by atoms with Crippen molar-refractivity contribution in [3.05, 3.63) is 75.1 Å². The number of nitrogens with one attached hydrogen (secondary N) is 2. The molecule has 7 nitrogen and oxygen atoms in total. The smallest absolute Gasteiger partial charge is 0.319 e. The average molecular weight is 496 g/mol. The maximum Gasteiger partial charge on any atom is 0.319 e. The number of carbonyl (C=O) groups excluding carboxylic acids is 3. The van der Waals surface area contributed by atoms with Gasteiger partial charge in [0.05, 0.1) is 29.0 Å². The fourth-order valence-corrected chi connectivity index (χ4v) is 5.03. The number of nitrogens with zero attached hydrogens (tertiary/aromatic N) is 1. The van der Waals surface area contributed by atoms with Crippen molar-refractivity contribution >= 4 is 35.2 Å². The summed E-state index contributed by atoms with van der Waals surface area (Å²) < 4.78 is 19.8. The van der Waals surface area contributed by atoms with Gasteiger partial charge in [-0.2, -0.15) is 5.26 Å². The van der Waals surface area contributed by atoms with E-state index in [4.69, 9.17) is 4.74 Å². The van der Waals surface area contributed by atoms with E-state index in [0.717, 1.165) is 28.5 Å². The number of amides is 2. The molecular weight excluding hydrogens is 469 g/mol. The number of ether oxygens (including phenoxy) is 1. The molecule has 2 aromatic carbocycles. The molecule has 0 bridgehead atoms. The van der Waals surface area contributed by atoms with Crippen molar-refractivity contribution in [2.75, 3.05) is 17.7 Å². The van der Waals surface area contributed by atoms with E-state index in [1.807, 2.05) is 39.0 Å². The molecule has 0 aromatic heterocycles. The number of allylic oxidation sites excluding steroid dienone is 1. The van der Waals surface area contributed by atoms with E-state index in [1.165, 1.54) is 18.2 Å². The highest BCUT2D eigenvalue weighted by Gasteiger charge is 2.45. The number of hydrogen-bond acceptors (Lipinski definition) is 6. The van der Waals surface area contributed by atoms with Gasteiger partial charge in [0.15, 0.2) is 0 Å². The predicted octanol–water partition coefficient (Wildman–Crippen LogP) is 4.25. The van der Waals surface area contributed by atoms with Gasteiger partial charge in [0.25, 0.3) is 0 Å². The van der Waals surface area contributed by atoms with Crippen molar-refractivity contribution < 1.29 is 23.5 Å². The summed E-state index contributed by atoms with van der Waals surface area (Å²) in [6.07, 6.45) is 0. The zero-order valence-corrected chi connectivity index (χ0v) is 20.7. The minimum Gasteiger partial charge on any atom is -0.465 e. The lowest BCUT2D eigenvalue weighted by Gasteiger charge is -2.31. The summed E-state index contributed by atoms with van der Waals surface area (Å²) in [5, 5.41) is 15.5. The van der Waals surface area contributed by atoms with Crippen LogP contribution in [-0.2, 0) is 19.1 Å². The van der Waals surface area contributed by atoms with E-state index in [-0.39, 0.29) is 34.4 Å². The highest BCUT2D eigenvalue weighted by Crippen LogP contribution is 2.41. The van der Waals surface area contributed by atoms with Crippen molar-refractivity contribution in [3.8, 4) is 6.07 Å². The molecule has 35 heavy (non-hydrogen) atoms. The van der Waals surface area contributed by atoms with Gasteiger partial charge in [-0.3, -0.25) is 14.4 Å². The second kappa shape index (κ2) is 11.2. The predicted molar refractivity (Wildman–Crippen MR) is 132 cm³/mol. The van der Waals surface area contributed by atoms with E-state index < -0.39 is 29.5 Å². The van der Waals surface area contributed by atoms with Crippen LogP contribution in [0.3, 0.4) is 0 Å². The Morgan fingerprint density at radius 1 is 1.20 bits per heavy atom. The van der Waals surface area contributed by atoms with E-state index in [2.05, 4.69) is 10.6 Å². The molecular formula is C26H26FN3O4S. The van der Waals surface area contributed by atoms with Crippen molar-refractivity contribution in [2.45, 2.75) is 33.6 Å². The Hall–Kier alpha value is -3.64. The third-order valence-electron chi connectivity index (χ3n) is 5.60. The zero-order chi connectivity index (χ0) is 25.7. The summed E-state index contributed by atoms with van der Waals surface area (Å²) in [6, 6.07) is 11.6. The third kappa shape index (κ3) is 5.72. The number of carbonyl (C=O) groups is 3. The SMILES string of the molecule is CCOC(=O)[C@H]1C(=O)NC(SCC(=O)Nc2c(C)cc(C)cc2C)=C(C#N)[C@H]1c1ccccc1F. The first-order valence-electron chi connectivity index (χ1n) is 11.0. The highest BCUT2D eigenvalue weighted by atomic mass is 32.2. The van der Waals surface area contributed by atoms with Gasteiger partial charge in [-0.1, -0.05) is 47.7 Å². The molecule has 0 spiro atoms. The van der Waals surface area contributed by atoms with Crippen molar-refractivity contribution in [3.63, 3.8) is 0 Å². The first-order chi connectivity index (χ1) is 16.7. The van der Waals surface area contributed by atoms with Gasteiger partial charge < -0.3 is 15.4 Å². The summed E-state index contributed by atoms with van der Waals surface area (Å²) in [7, 11) is 0. The largest absolute Gasteiger partial charge is 0.465 e. The zero-order valence-electron chi connectivity index (χ0n) is 19.9. The molecule has 2 N–H and O–H groups in total. The molecule has 3 rings (SSSR count). The molecule has 1 aliphatic rings. The molecule has 0 unspecified atom stereocenters. The standard InChI is InChI=1S/C26H26FN3O4S/c1-5-34-26(33)22-21(17-8-6-7-9-19(17)27)18(12-28)25(30-24(22)32)35-13-20(31)29-23-15(3)10-14(2)11-16(23)4/h6-11,21-22H,5,13H2,1-4H3,(H,29,31)(H,30,32)/t21-,22-/m1/s1. The Labute approximate surface area is 207 Å². The van der Waals surface area contributed by atoms with Crippen LogP contribution in [0.2, 0.25) is 0 Å². The lowest BCUT2D eigenvalue weighted by molar-refractivity contribution is -0.152. The van der Waals surface area contributed by atoms with E-state index in [0.29, 0.717) is 5.69 Å². The van der Waals surface area contributed by atoms with Crippen LogP contribution < -0.4 is 10.6 Å². The summed E-state index contributed by atoms with van der Waals surface area (Å²) in [6.45, 7) is 7.38. The second-order valence-corrected chi connectivity index (χ2v) is 9.17. The van der Waals surface area contributed by atoms with Crippen LogP contribution in [0.4, 0.5) is 10.1 Å². The van der Waals surface area contributed by atoms with Crippen LogP contribution in [0.1, 0.15) is 35.1 Å². The van der Waals surface area contributed by atoms with Crippen LogP contribution in [0.25, 0.3) is 0 Å². The average Bonchev–Trinajstić information content (AvgIpc) is 2.80. The summed E-state index contributed by atoms with van der Waals surface area (Å²) >= 11 is 0.946. The molecule has 2 aromatic rings. The fourth-order valence-electron chi connectivity index (χ4n) is 4.18. The van der Waals surface area contributed by atoms with E-state index in [9.17, 15) is 24.0 Å². The maximum absolute atomic E-state index is 14.7. The van der Waals surface area contributed by atoms with Crippen molar-refractivity contribution in [1.29, 1.82) is 5.26 Å². The molecule has 0 radical (unpaired) electrons. The second-order valence-electron chi connectivity index (χ2n) is 8.18. The van der Waals surface area contributed by atoms with Gasteiger partial charge in [-0.15, -0.1) is 0 Å². The van der Waals surface area contributed by atoms with Gasteiger partial charge in [-0.25, -0.2) is 4.39 Å². The summed E-state index contributed by atoms with van der Waals surface area (Å²) in [5.74, 6) is -5.27. The van der Waals surface area contributed by atoms with Gasteiger partial charge in [0, 0.05) is 11.6 Å². The number of thioether (sulfide) groups is 1. The van der Waals surface area contributed by atoms with Gasteiger partial charge >= 0.3 is 5.97 Å². The molecule has 2 atom stereocenters. The Bertz CT molecular complexity index is 1230. The molecule has 2 amide bonds. The van der Waals surface area contributed by atoms with E-state index in [1.54, 1.807) is 13.0 Å². The van der Waals surface area contributed by atoms with Crippen LogP contribution in [0.5, 0.6) is 0 Å². The van der Waals surface area contributed by atoms with Crippen LogP contribution in [-0.4, -0.2) is 30.1 Å². The number of anilines is 1. The lowest BCUT2D eigenvalue weighted by Crippen LogP contribution is -2.44. The molecule has 0 saturated heterocycles. The fraction of sp³-hybridized carbons (Fsp3) is 0.308. The third-order valence-corrected chi connectivity index (χ3v) is 6.62. The molecule has 0 aliphatic carbocycles. The first kappa shape index (κ1) is 26.0. The van der Waals surface area contributed by atoms with Gasteiger partial charge in [-0.05, 0) is 50.5 Å². The molecule has 1 heterocycles. The number of nitriles is 1. The molecule has 1 aliphatic heterocycles. The number of esters is 1. The Balaban J connectivity index is 1.92. The monoisotopic (exact) mass is 495 g/mol. The number of hydrogen-bond donors (Lipinski definition) is 2. The van der Waals surface area contributed by atoms with Crippen LogP contribution >= 0.6 is 11.8 Å². The van der Waals surface area contributed by atoms with Crippen molar-refractivity contribution in [2.24, 2.45) is 5.92 Å². The molecule has 0 saturated carbocycles. The number of halogens is 1. The Morgan fingerprint density at radius 3 is 2.46 bits per heavy atom. The topological polar surface area (TPSA) is 108 Å².